The molecule has 5 nitrogen and oxygen atoms in total. The Balaban J connectivity index is 4.77. The first kappa shape index (κ1) is 15.5. The standard InChI is InChI=1S/C12H21NO4/c1-11(2,3)16-9(14)8(7-13)10(15)17-12(4,5)6/h7H,13H2,1-6H3. The van der Waals surface area contributed by atoms with Crippen LogP contribution in [0, 0.1) is 0 Å². The molecule has 98 valence electrons. The lowest BCUT2D eigenvalue weighted by atomic mass is 10.1. The molecule has 0 spiro atoms. The van der Waals surface area contributed by atoms with Crippen LogP contribution in [0.1, 0.15) is 41.5 Å². The summed E-state index contributed by atoms with van der Waals surface area (Å²) in [6, 6.07) is 0. The van der Waals surface area contributed by atoms with Gasteiger partial charge in [0.05, 0.1) is 0 Å². The zero-order valence-electron chi connectivity index (χ0n) is 11.3. The van der Waals surface area contributed by atoms with E-state index >= 15 is 0 Å². The highest BCUT2D eigenvalue weighted by Crippen LogP contribution is 2.14. The number of carbonyl (C=O) groups is 2. The van der Waals surface area contributed by atoms with E-state index in [-0.39, 0.29) is 5.57 Å². The fourth-order valence-corrected chi connectivity index (χ4v) is 0.886. The van der Waals surface area contributed by atoms with Gasteiger partial charge in [-0.05, 0) is 41.5 Å². The Labute approximate surface area is 102 Å². The number of nitrogens with two attached hydrogens (primary N) is 1. The number of esters is 2. The third-order valence-corrected chi connectivity index (χ3v) is 1.40. The molecule has 0 unspecified atom stereocenters. The molecule has 0 heterocycles. The largest absolute Gasteiger partial charge is 0.456 e. The molecule has 2 N–H and O–H groups in total. The summed E-state index contributed by atoms with van der Waals surface area (Å²) in [4.78, 5) is 23.3. The van der Waals surface area contributed by atoms with Gasteiger partial charge in [-0.1, -0.05) is 0 Å². The van der Waals surface area contributed by atoms with Crippen LogP contribution in [-0.2, 0) is 19.1 Å². The SMILES string of the molecule is CC(C)(C)OC(=O)C(=CN)C(=O)OC(C)(C)C. The fourth-order valence-electron chi connectivity index (χ4n) is 0.886. The minimum Gasteiger partial charge on any atom is -0.456 e. The summed E-state index contributed by atoms with van der Waals surface area (Å²) in [5.41, 5.74) is 3.58. The van der Waals surface area contributed by atoms with E-state index in [1.165, 1.54) is 0 Å². The molecule has 5 heteroatoms. The van der Waals surface area contributed by atoms with Crippen LogP contribution < -0.4 is 5.73 Å². The van der Waals surface area contributed by atoms with E-state index in [0.29, 0.717) is 0 Å². The Bertz CT molecular complexity index is 301. The maximum absolute atomic E-state index is 11.6. The Hall–Kier alpha value is -1.52. The number of hydrogen-bond donors (Lipinski definition) is 1. The molecule has 0 aliphatic carbocycles. The average molecular weight is 243 g/mol. The Morgan fingerprint density at radius 1 is 0.882 bits per heavy atom. The number of ether oxygens (including phenoxy) is 2. The number of rotatable bonds is 2. The quantitative estimate of drug-likeness (QED) is 0.344. The molecule has 0 aromatic carbocycles. The van der Waals surface area contributed by atoms with Crippen molar-refractivity contribution in [2.45, 2.75) is 52.7 Å². The molecule has 0 aromatic rings. The van der Waals surface area contributed by atoms with Crippen molar-refractivity contribution < 1.29 is 19.1 Å². The first-order valence-electron chi connectivity index (χ1n) is 5.35. The van der Waals surface area contributed by atoms with Crippen molar-refractivity contribution in [1.29, 1.82) is 0 Å². The lowest BCUT2D eigenvalue weighted by Crippen LogP contribution is -2.31. The van der Waals surface area contributed by atoms with Gasteiger partial charge in [-0.2, -0.15) is 0 Å². The van der Waals surface area contributed by atoms with Crippen molar-refractivity contribution in [3.8, 4) is 0 Å². The lowest BCUT2D eigenvalue weighted by Gasteiger charge is -2.22. The smallest absolute Gasteiger partial charge is 0.347 e. The van der Waals surface area contributed by atoms with Gasteiger partial charge < -0.3 is 15.2 Å². The zero-order valence-corrected chi connectivity index (χ0v) is 11.3. The molecular formula is C12H21NO4. The summed E-state index contributed by atoms with van der Waals surface area (Å²) in [6.07, 6.45) is 0.905. The maximum atomic E-state index is 11.6. The molecule has 0 bridgehead atoms. The Kier molecular flexibility index (Phi) is 4.74. The first-order valence-corrected chi connectivity index (χ1v) is 5.35. The third-order valence-electron chi connectivity index (χ3n) is 1.40. The lowest BCUT2D eigenvalue weighted by molar-refractivity contribution is -0.158. The van der Waals surface area contributed by atoms with Gasteiger partial charge in [0.25, 0.3) is 0 Å². The second-order valence-electron chi connectivity index (χ2n) is 5.58. The molecule has 0 aliphatic heterocycles. The fraction of sp³-hybridized carbons (Fsp3) is 0.667. The monoisotopic (exact) mass is 243 g/mol. The normalized spacial score (nSPS) is 11.6. The molecule has 0 fully saturated rings. The maximum Gasteiger partial charge on any atom is 0.347 e. The minimum atomic E-state index is -0.783. The van der Waals surface area contributed by atoms with Crippen LogP contribution in [0.4, 0.5) is 0 Å². The highest BCUT2D eigenvalue weighted by Gasteiger charge is 2.28. The molecule has 0 amide bonds. The van der Waals surface area contributed by atoms with Crippen LogP contribution in [0.2, 0.25) is 0 Å². The van der Waals surface area contributed by atoms with Crippen molar-refractivity contribution in [1.82, 2.24) is 0 Å². The van der Waals surface area contributed by atoms with Gasteiger partial charge in [0, 0.05) is 6.20 Å². The predicted octanol–water partition coefficient (Wildman–Crippen LogP) is 1.51. The van der Waals surface area contributed by atoms with Crippen LogP contribution in [0.25, 0.3) is 0 Å². The zero-order chi connectivity index (χ0) is 13.9. The van der Waals surface area contributed by atoms with Crippen LogP contribution in [0.3, 0.4) is 0 Å². The molecule has 0 saturated carbocycles. The van der Waals surface area contributed by atoms with Crippen molar-refractivity contribution in [3.63, 3.8) is 0 Å². The molecule has 17 heavy (non-hydrogen) atoms. The van der Waals surface area contributed by atoms with Crippen LogP contribution in [0.5, 0.6) is 0 Å². The van der Waals surface area contributed by atoms with E-state index in [1.807, 2.05) is 0 Å². The van der Waals surface area contributed by atoms with Crippen molar-refractivity contribution in [2.24, 2.45) is 5.73 Å². The summed E-state index contributed by atoms with van der Waals surface area (Å²) < 4.78 is 10.1. The van der Waals surface area contributed by atoms with Crippen LogP contribution >= 0.6 is 0 Å². The minimum absolute atomic E-state index is 0.296. The molecule has 0 aliphatic rings. The van der Waals surface area contributed by atoms with E-state index in [9.17, 15) is 9.59 Å². The number of hydrogen-bond acceptors (Lipinski definition) is 5. The van der Waals surface area contributed by atoms with Gasteiger partial charge in [0.1, 0.15) is 11.2 Å². The van der Waals surface area contributed by atoms with Gasteiger partial charge in [-0.25, -0.2) is 9.59 Å². The van der Waals surface area contributed by atoms with Gasteiger partial charge in [0.15, 0.2) is 5.57 Å². The van der Waals surface area contributed by atoms with E-state index in [0.717, 1.165) is 6.20 Å². The van der Waals surface area contributed by atoms with E-state index in [4.69, 9.17) is 15.2 Å². The predicted molar refractivity (Wildman–Crippen MR) is 64.0 cm³/mol. The van der Waals surface area contributed by atoms with Crippen LogP contribution in [0.15, 0.2) is 11.8 Å². The summed E-state index contributed by atoms with van der Waals surface area (Å²) in [5.74, 6) is -1.57. The van der Waals surface area contributed by atoms with Gasteiger partial charge in [-0.15, -0.1) is 0 Å². The highest BCUT2D eigenvalue weighted by atomic mass is 16.6. The average Bonchev–Trinajstić information content (AvgIpc) is 1.96. The Morgan fingerprint density at radius 3 is 1.35 bits per heavy atom. The molecule has 0 rings (SSSR count). The van der Waals surface area contributed by atoms with Crippen LogP contribution in [-0.4, -0.2) is 23.1 Å². The summed E-state index contributed by atoms with van der Waals surface area (Å²) in [7, 11) is 0. The van der Waals surface area contributed by atoms with E-state index in [2.05, 4.69) is 0 Å². The summed E-state index contributed by atoms with van der Waals surface area (Å²) in [5, 5.41) is 0. The van der Waals surface area contributed by atoms with Crippen molar-refractivity contribution in [3.05, 3.63) is 11.8 Å². The second-order valence-corrected chi connectivity index (χ2v) is 5.58. The van der Waals surface area contributed by atoms with Gasteiger partial charge in [0.2, 0.25) is 0 Å². The first-order chi connectivity index (χ1) is 7.46. The molecule has 0 saturated heterocycles. The van der Waals surface area contributed by atoms with E-state index < -0.39 is 23.1 Å². The van der Waals surface area contributed by atoms with Gasteiger partial charge >= 0.3 is 11.9 Å². The Morgan fingerprint density at radius 2 is 1.18 bits per heavy atom. The topological polar surface area (TPSA) is 78.6 Å². The molecule has 0 aromatic heterocycles. The molecule has 0 radical (unpaired) electrons. The van der Waals surface area contributed by atoms with Crippen molar-refractivity contribution >= 4 is 11.9 Å². The molecule has 0 atom stereocenters. The summed E-state index contributed by atoms with van der Waals surface area (Å²) >= 11 is 0. The highest BCUT2D eigenvalue weighted by molar-refractivity contribution is 6.14. The summed E-state index contributed by atoms with van der Waals surface area (Å²) in [6.45, 7) is 10.2. The molecular weight excluding hydrogens is 222 g/mol. The van der Waals surface area contributed by atoms with E-state index in [1.54, 1.807) is 41.5 Å². The van der Waals surface area contributed by atoms with Gasteiger partial charge in [-0.3, -0.25) is 0 Å². The third kappa shape index (κ3) is 6.60. The number of carbonyl (C=O) groups excluding carboxylic acids is 2. The second kappa shape index (κ2) is 5.21. The van der Waals surface area contributed by atoms with Crippen molar-refractivity contribution in [2.75, 3.05) is 0 Å².